The maximum absolute atomic E-state index is 10.8. The molecule has 122 valence electrons. The summed E-state index contributed by atoms with van der Waals surface area (Å²) in [5.74, 6) is 0.533. The van der Waals surface area contributed by atoms with Crippen LogP contribution in [0.2, 0.25) is 0 Å². The largest absolute Gasteiger partial charge is 0.307 e. The van der Waals surface area contributed by atoms with Crippen molar-refractivity contribution in [2.75, 3.05) is 0 Å². The second-order valence-corrected chi connectivity index (χ2v) is 6.76. The molecular weight excluding hydrogens is 330 g/mol. The average molecular weight is 343 g/mol. The van der Waals surface area contributed by atoms with E-state index < -0.39 is 4.92 Å². The van der Waals surface area contributed by atoms with E-state index in [2.05, 4.69) is 27.1 Å². The molecule has 0 radical (unpaired) electrons. The molecule has 0 fully saturated rings. The molecule has 4 aromatic heterocycles. The van der Waals surface area contributed by atoms with E-state index in [0.29, 0.717) is 5.82 Å². The zero-order chi connectivity index (χ0) is 17.0. The lowest BCUT2D eigenvalue weighted by Crippen LogP contribution is -2.09. The van der Waals surface area contributed by atoms with Crippen LogP contribution in [0.1, 0.15) is 29.2 Å². The summed E-state index contributed by atoms with van der Waals surface area (Å²) in [7, 11) is 0. The van der Waals surface area contributed by atoms with Crippen molar-refractivity contribution >= 4 is 32.9 Å². The van der Waals surface area contributed by atoms with Crippen molar-refractivity contribution in [1.29, 1.82) is 0 Å². The molecule has 0 bridgehead atoms. The first-order valence-electron chi connectivity index (χ1n) is 7.25. The van der Waals surface area contributed by atoms with Crippen molar-refractivity contribution in [2.45, 2.75) is 26.8 Å². The fourth-order valence-corrected chi connectivity index (χ4v) is 3.58. The summed E-state index contributed by atoms with van der Waals surface area (Å²) in [5, 5.41) is 20.3. The van der Waals surface area contributed by atoms with E-state index in [1.807, 2.05) is 13.8 Å². The van der Waals surface area contributed by atoms with Crippen LogP contribution in [-0.2, 0) is 0 Å². The number of aryl methyl sites for hydroxylation is 2. The Kier molecular flexibility index (Phi) is 3.10. The Bertz CT molecular complexity index is 1090. The highest BCUT2D eigenvalue weighted by atomic mass is 32.1. The highest BCUT2D eigenvalue weighted by molar-refractivity contribution is 7.18. The van der Waals surface area contributed by atoms with Crippen LogP contribution in [-0.4, -0.2) is 34.3 Å². The molecular formula is C14H13N7O2S. The van der Waals surface area contributed by atoms with Gasteiger partial charge in [-0.05, 0) is 26.3 Å². The predicted octanol–water partition coefficient (Wildman–Crippen LogP) is 2.67. The fraction of sp³-hybridized carbons (Fsp3) is 0.286. The SMILES string of the molecule is Cc1sc2ncn3nc(C(C)n4cc([N+](=O)[O-])cn4)nc3c2c1C. The van der Waals surface area contributed by atoms with E-state index in [1.165, 1.54) is 22.0 Å². The van der Waals surface area contributed by atoms with Gasteiger partial charge in [0.2, 0.25) is 0 Å². The van der Waals surface area contributed by atoms with E-state index in [0.717, 1.165) is 21.4 Å². The van der Waals surface area contributed by atoms with E-state index in [1.54, 1.807) is 22.2 Å². The van der Waals surface area contributed by atoms with Gasteiger partial charge in [0.05, 0.1) is 10.3 Å². The van der Waals surface area contributed by atoms with Crippen molar-refractivity contribution in [3.63, 3.8) is 0 Å². The maximum Gasteiger partial charge on any atom is 0.307 e. The first-order valence-corrected chi connectivity index (χ1v) is 8.07. The third kappa shape index (κ3) is 2.07. The van der Waals surface area contributed by atoms with Crippen molar-refractivity contribution in [2.24, 2.45) is 0 Å². The molecule has 4 rings (SSSR count). The molecule has 0 N–H and O–H groups in total. The third-order valence-electron chi connectivity index (χ3n) is 4.09. The normalized spacial score (nSPS) is 13.0. The van der Waals surface area contributed by atoms with Gasteiger partial charge >= 0.3 is 5.69 Å². The molecule has 0 saturated carbocycles. The van der Waals surface area contributed by atoms with Gasteiger partial charge < -0.3 is 0 Å². The zero-order valence-corrected chi connectivity index (χ0v) is 14.0. The second-order valence-electron chi connectivity index (χ2n) is 5.56. The van der Waals surface area contributed by atoms with Crippen LogP contribution in [0.4, 0.5) is 5.69 Å². The van der Waals surface area contributed by atoms with Crippen molar-refractivity contribution in [3.05, 3.63) is 45.1 Å². The minimum atomic E-state index is -0.474. The van der Waals surface area contributed by atoms with Crippen LogP contribution in [0.15, 0.2) is 18.7 Å². The summed E-state index contributed by atoms with van der Waals surface area (Å²) in [6.07, 6.45) is 4.24. The van der Waals surface area contributed by atoms with Gasteiger partial charge in [-0.1, -0.05) is 0 Å². The lowest BCUT2D eigenvalue weighted by molar-refractivity contribution is -0.385. The molecule has 4 heterocycles. The number of nitrogens with zero attached hydrogens (tertiary/aromatic N) is 7. The van der Waals surface area contributed by atoms with Crippen LogP contribution >= 0.6 is 11.3 Å². The Hall–Kier alpha value is -2.88. The summed E-state index contributed by atoms with van der Waals surface area (Å²) < 4.78 is 3.13. The fourth-order valence-electron chi connectivity index (χ4n) is 2.59. The van der Waals surface area contributed by atoms with Gasteiger partial charge in [-0.15, -0.1) is 16.4 Å². The summed E-state index contributed by atoms with van der Waals surface area (Å²) in [6.45, 7) is 5.95. The first-order chi connectivity index (χ1) is 11.5. The first kappa shape index (κ1) is 14.7. The minimum absolute atomic E-state index is 0.0565. The molecule has 10 heteroatoms. The van der Waals surface area contributed by atoms with Crippen LogP contribution < -0.4 is 0 Å². The van der Waals surface area contributed by atoms with Gasteiger partial charge in [0.1, 0.15) is 29.6 Å². The highest BCUT2D eigenvalue weighted by Crippen LogP contribution is 2.31. The Balaban J connectivity index is 1.84. The number of thiophene rings is 1. The van der Waals surface area contributed by atoms with Crippen molar-refractivity contribution < 1.29 is 4.92 Å². The molecule has 0 aliphatic carbocycles. The van der Waals surface area contributed by atoms with Crippen LogP contribution in [0.5, 0.6) is 0 Å². The lowest BCUT2D eigenvalue weighted by Gasteiger charge is -2.05. The molecule has 0 spiro atoms. The number of aromatic nitrogens is 6. The van der Waals surface area contributed by atoms with Gasteiger partial charge in [0, 0.05) is 4.88 Å². The Morgan fingerprint density at radius 2 is 2.17 bits per heavy atom. The number of nitro groups is 1. The number of hydrogen-bond donors (Lipinski definition) is 0. The van der Waals surface area contributed by atoms with Crippen molar-refractivity contribution in [3.8, 4) is 0 Å². The molecule has 0 amide bonds. The van der Waals surface area contributed by atoms with Crippen LogP contribution in [0, 0.1) is 24.0 Å². The van der Waals surface area contributed by atoms with Gasteiger partial charge in [-0.25, -0.2) is 14.5 Å². The Morgan fingerprint density at radius 3 is 2.88 bits per heavy atom. The number of hydrogen-bond acceptors (Lipinski definition) is 7. The summed E-state index contributed by atoms with van der Waals surface area (Å²) in [5.41, 5.74) is 1.83. The maximum atomic E-state index is 10.8. The lowest BCUT2D eigenvalue weighted by atomic mass is 10.2. The highest BCUT2D eigenvalue weighted by Gasteiger charge is 2.20. The second kappa shape index (κ2) is 5.06. The standard InChI is InChI=1S/C14H13N7O2S/c1-7-9(3)24-14-11(7)13-17-12(18-20(13)6-15-14)8(2)19-5-10(4-16-19)21(22)23/h4-6,8H,1-3H3. The number of fused-ring (bicyclic) bond motifs is 3. The molecule has 24 heavy (non-hydrogen) atoms. The molecule has 0 aliphatic rings. The van der Waals surface area contributed by atoms with Crippen LogP contribution in [0.25, 0.3) is 15.9 Å². The zero-order valence-electron chi connectivity index (χ0n) is 13.2. The van der Waals surface area contributed by atoms with Gasteiger partial charge in [-0.2, -0.15) is 5.10 Å². The summed E-state index contributed by atoms with van der Waals surface area (Å²) in [6, 6.07) is -0.325. The van der Waals surface area contributed by atoms with Gasteiger partial charge in [0.15, 0.2) is 11.5 Å². The van der Waals surface area contributed by atoms with E-state index >= 15 is 0 Å². The average Bonchev–Trinajstić information content (AvgIpc) is 3.24. The Morgan fingerprint density at radius 1 is 1.38 bits per heavy atom. The summed E-state index contributed by atoms with van der Waals surface area (Å²) in [4.78, 5) is 21.5. The quantitative estimate of drug-likeness (QED) is 0.418. The smallest absolute Gasteiger partial charge is 0.258 e. The monoisotopic (exact) mass is 343 g/mol. The third-order valence-corrected chi connectivity index (χ3v) is 5.21. The molecule has 1 unspecified atom stereocenters. The minimum Gasteiger partial charge on any atom is -0.258 e. The summed E-state index contributed by atoms with van der Waals surface area (Å²) >= 11 is 1.63. The molecule has 1 atom stereocenters. The molecule has 0 aliphatic heterocycles. The van der Waals surface area contributed by atoms with E-state index in [-0.39, 0.29) is 11.7 Å². The van der Waals surface area contributed by atoms with Crippen molar-refractivity contribution in [1.82, 2.24) is 29.4 Å². The van der Waals surface area contributed by atoms with Gasteiger partial charge in [0.25, 0.3) is 0 Å². The van der Waals surface area contributed by atoms with Crippen LogP contribution in [0.3, 0.4) is 0 Å². The molecule has 0 aromatic carbocycles. The van der Waals surface area contributed by atoms with E-state index in [9.17, 15) is 10.1 Å². The molecule has 9 nitrogen and oxygen atoms in total. The number of rotatable bonds is 3. The van der Waals surface area contributed by atoms with E-state index in [4.69, 9.17) is 0 Å². The predicted molar refractivity (Wildman–Crippen MR) is 88.3 cm³/mol. The molecule has 0 saturated heterocycles. The van der Waals surface area contributed by atoms with Gasteiger partial charge in [-0.3, -0.25) is 14.8 Å². The Labute approximate surface area is 139 Å². The molecule has 4 aromatic rings. The topological polar surface area (TPSA) is 104 Å².